The van der Waals surface area contributed by atoms with Gasteiger partial charge < -0.3 is 14.4 Å². The third kappa shape index (κ3) is 4.62. The monoisotopic (exact) mass is 382 g/mol. The predicted molar refractivity (Wildman–Crippen MR) is 110 cm³/mol. The Labute approximate surface area is 166 Å². The fourth-order valence-electron chi connectivity index (χ4n) is 3.48. The Morgan fingerprint density at radius 2 is 1.44 bits per heavy atom. The number of halogens is 1. The van der Waals surface area contributed by atoms with Gasteiger partial charge in [-0.1, -0.05) is 54.1 Å². The lowest BCUT2D eigenvalue weighted by Gasteiger charge is -2.26. The molecule has 0 aliphatic heterocycles. The van der Waals surface area contributed by atoms with Gasteiger partial charge in [-0.15, -0.1) is 0 Å². The van der Waals surface area contributed by atoms with Crippen LogP contribution in [0, 0.1) is 0 Å². The van der Waals surface area contributed by atoms with E-state index in [4.69, 9.17) is 21.1 Å². The van der Waals surface area contributed by atoms with Crippen molar-refractivity contribution in [2.45, 2.75) is 12.6 Å². The maximum atomic E-state index is 6.10. The van der Waals surface area contributed by atoms with E-state index in [-0.39, 0.29) is 6.04 Å². The molecule has 0 saturated carbocycles. The second-order valence-electron chi connectivity index (χ2n) is 6.61. The van der Waals surface area contributed by atoms with E-state index >= 15 is 0 Å². The molecule has 0 spiro atoms. The highest BCUT2D eigenvalue weighted by Gasteiger charge is 2.23. The van der Waals surface area contributed by atoms with E-state index in [0.29, 0.717) is 0 Å². The lowest BCUT2D eigenvalue weighted by Crippen LogP contribution is -3.08. The van der Waals surface area contributed by atoms with Crippen molar-refractivity contribution >= 4 is 11.6 Å². The summed E-state index contributed by atoms with van der Waals surface area (Å²) >= 11 is 6.10. The van der Waals surface area contributed by atoms with E-state index in [0.717, 1.165) is 23.1 Å². The summed E-state index contributed by atoms with van der Waals surface area (Å²) in [4.78, 5) is 1.36. The Hall–Kier alpha value is -2.49. The molecule has 4 heteroatoms. The fraction of sp³-hybridized carbons (Fsp3) is 0.217. The Morgan fingerprint density at radius 1 is 0.815 bits per heavy atom. The van der Waals surface area contributed by atoms with Crippen LogP contribution in [0.15, 0.2) is 72.8 Å². The number of hydrogen-bond donors (Lipinski definition) is 1. The summed E-state index contributed by atoms with van der Waals surface area (Å²) in [6, 6.07) is 25.0. The summed E-state index contributed by atoms with van der Waals surface area (Å²) in [6.07, 6.45) is 0. The van der Waals surface area contributed by atoms with Gasteiger partial charge in [-0.2, -0.15) is 0 Å². The van der Waals surface area contributed by atoms with Crippen molar-refractivity contribution in [2.24, 2.45) is 0 Å². The first-order chi connectivity index (χ1) is 13.1. The highest BCUT2D eigenvalue weighted by Crippen LogP contribution is 2.27. The standard InChI is InChI=1S/C23H24ClNO2/c1-25(16-17-9-14-21(26-2)22(15-17)27-3)23(18-7-5-4-6-8-18)19-10-12-20(24)13-11-19/h4-15,23H,16H2,1-3H3/p+1/t23-/m1/s1. The van der Waals surface area contributed by atoms with Crippen molar-refractivity contribution in [1.29, 1.82) is 0 Å². The van der Waals surface area contributed by atoms with E-state index in [1.807, 2.05) is 30.3 Å². The van der Waals surface area contributed by atoms with Gasteiger partial charge in [0, 0.05) is 21.7 Å². The quantitative estimate of drug-likeness (QED) is 0.663. The molecule has 2 atom stereocenters. The van der Waals surface area contributed by atoms with Crippen LogP contribution in [0.4, 0.5) is 0 Å². The number of methoxy groups -OCH3 is 2. The number of rotatable bonds is 7. The molecule has 0 radical (unpaired) electrons. The van der Waals surface area contributed by atoms with Gasteiger partial charge in [-0.25, -0.2) is 0 Å². The van der Waals surface area contributed by atoms with E-state index in [1.54, 1.807) is 14.2 Å². The molecule has 3 aromatic carbocycles. The van der Waals surface area contributed by atoms with Crippen LogP contribution in [0.2, 0.25) is 5.02 Å². The van der Waals surface area contributed by atoms with Crippen molar-refractivity contribution in [3.63, 3.8) is 0 Å². The lowest BCUT2D eigenvalue weighted by molar-refractivity contribution is -0.919. The molecule has 3 rings (SSSR count). The second kappa shape index (κ2) is 8.94. The van der Waals surface area contributed by atoms with E-state index in [2.05, 4.69) is 49.5 Å². The van der Waals surface area contributed by atoms with E-state index < -0.39 is 0 Å². The molecule has 3 nitrogen and oxygen atoms in total. The zero-order valence-corrected chi connectivity index (χ0v) is 16.7. The Kier molecular flexibility index (Phi) is 6.38. The Bertz CT molecular complexity index is 865. The van der Waals surface area contributed by atoms with Crippen LogP contribution in [0.1, 0.15) is 22.7 Å². The third-order valence-electron chi connectivity index (χ3n) is 4.76. The number of ether oxygens (including phenoxy) is 2. The molecule has 0 amide bonds. The van der Waals surface area contributed by atoms with Gasteiger partial charge in [0.25, 0.3) is 0 Å². The van der Waals surface area contributed by atoms with Crippen molar-refractivity contribution in [3.8, 4) is 11.5 Å². The van der Waals surface area contributed by atoms with Crippen LogP contribution in [0.25, 0.3) is 0 Å². The molecule has 0 fully saturated rings. The first kappa shape index (κ1) is 19.3. The summed E-state index contributed by atoms with van der Waals surface area (Å²) in [5.41, 5.74) is 3.71. The predicted octanol–water partition coefficient (Wildman–Crippen LogP) is 4.16. The van der Waals surface area contributed by atoms with Crippen molar-refractivity contribution in [3.05, 3.63) is 94.5 Å². The maximum absolute atomic E-state index is 6.10. The Balaban J connectivity index is 1.91. The first-order valence-corrected chi connectivity index (χ1v) is 9.33. The molecule has 0 aromatic heterocycles. The van der Waals surface area contributed by atoms with Gasteiger partial charge in [0.05, 0.1) is 21.3 Å². The van der Waals surface area contributed by atoms with Gasteiger partial charge in [-0.05, 0) is 30.3 Å². The molecule has 3 aromatic rings. The van der Waals surface area contributed by atoms with E-state index in [1.165, 1.54) is 21.6 Å². The average Bonchev–Trinajstić information content (AvgIpc) is 2.70. The molecule has 0 saturated heterocycles. The summed E-state index contributed by atoms with van der Waals surface area (Å²) in [5, 5.41) is 0.753. The minimum atomic E-state index is 0.205. The minimum Gasteiger partial charge on any atom is -0.493 e. The second-order valence-corrected chi connectivity index (χ2v) is 7.04. The largest absolute Gasteiger partial charge is 0.493 e. The first-order valence-electron chi connectivity index (χ1n) is 8.96. The highest BCUT2D eigenvalue weighted by atomic mass is 35.5. The highest BCUT2D eigenvalue weighted by molar-refractivity contribution is 6.30. The SMILES string of the molecule is COc1ccc(C[NH+](C)[C@H](c2ccccc2)c2ccc(Cl)cc2)cc1OC. The van der Waals surface area contributed by atoms with Crippen LogP contribution >= 0.6 is 11.6 Å². The molecule has 0 aliphatic carbocycles. The number of quaternary nitrogens is 1. The van der Waals surface area contributed by atoms with E-state index in [9.17, 15) is 0 Å². The molecule has 27 heavy (non-hydrogen) atoms. The van der Waals surface area contributed by atoms with Gasteiger partial charge in [0.15, 0.2) is 11.5 Å². The summed E-state index contributed by atoms with van der Waals surface area (Å²) in [6.45, 7) is 0.850. The van der Waals surface area contributed by atoms with Crippen molar-refractivity contribution in [1.82, 2.24) is 0 Å². The zero-order chi connectivity index (χ0) is 19.2. The summed E-state index contributed by atoms with van der Waals surface area (Å²) in [5.74, 6) is 1.50. The molecule has 1 N–H and O–H groups in total. The number of hydrogen-bond acceptors (Lipinski definition) is 2. The zero-order valence-electron chi connectivity index (χ0n) is 15.9. The summed E-state index contributed by atoms with van der Waals surface area (Å²) in [7, 11) is 5.53. The topological polar surface area (TPSA) is 22.9 Å². The normalized spacial score (nSPS) is 13.0. The van der Waals surface area contributed by atoms with Crippen LogP contribution in [-0.2, 0) is 6.54 Å². The maximum Gasteiger partial charge on any atom is 0.161 e. The number of nitrogens with one attached hydrogen (secondary N) is 1. The van der Waals surface area contributed by atoms with Gasteiger partial charge in [0.1, 0.15) is 12.6 Å². The molecule has 0 aliphatic rings. The van der Waals surface area contributed by atoms with Crippen molar-refractivity contribution in [2.75, 3.05) is 21.3 Å². The average molecular weight is 383 g/mol. The van der Waals surface area contributed by atoms with Crippen LogP contribution in [0.5, 0.6) is 11.5 Å². The molecule has 140 valence electrons. The molecular formula is C23H25ClNO2+. The molecule has 1 unspecified atom stereocenters. The smallest absolute Gasteiger partial charge is 0.161 e. The number of benzene rings is 3. The Morgan fingerprint density at radius 3 is 2.07 bits per heavy atom. The molecule has 0 heterocycles. The summed E-state index contributed by atoms with van der Waals surface area (Å²) < 4.78 is 10.8. The van der Waals surface area contributed by atoms with Gasteiger partial charge in [-0.3, -0.25) is 0 Å². The van der Waals surface area contributed by atoms with Crippen LogP contribution in [0.3, 0.4) is 0 Å². The van der Waals surface area contributed by atoms with Crippen molar-refractivity contribution < 1.29 is 14.4 Å². The van der Waals surface area contributed by atoms with Gasteiger partial charge in [0.2, 0.25) is 0 Å². The molecular weight excluding hydrogens is 358 g/mol. The minimum absolute atomic E-state index is 0.205. The van der Waals surface area contributed by atoms with Crippen LogP contribution in [-0.4, -0.2) is 21.3 Å². The van der Waals surface area contributed by atoms with Crippen LogP contribution < -0.4 is 14.4 Å². The van der Waals surface area contributed by atoms with Gasteiger partial charge >= 0.3 is 0 Å². The third-order valence-corrected chi connectivity index (χ3v) is 5.01. The lowest BCUT2D eigenvalue weighted by atomic mass is 9.97. The molecule has 0 bridgehead atoms. The fourth-order valence-corrected chi connectivity index (χ4v) is 3.60.